The zero-order chi connectivity index (χ0) is 19.8. The van der Waals surface area contributed by atoms with E-state index in [1.165, 1.54) is 12.8 Å². The van der Waals surface area contributed by atoms with Gasteiger partial charge in [0, 0.05) is 22.8 Å². The van der Waals surface area contributed by atoms with Crippen LogP contribution < -0.4 is 5.32 Å². The maximum atomic E-state index is 6.37. The first kappa shape index (κ1) is 18.6. The number of halogens is 1. The maximum absolute atomic E-state index is 6.37. The number of furan rings is 1. The number of aromatic nitrogens is 1. The molecule has 1 aromatic carbocycles. The van der Waals surface area contributed by atoms with Crippen molar-refractivity contribution in [1.82, 2.24) is 15.2 Å². The summed E-state index contributed by atoms with van der Waals surface area (Å²) in [4.78, 5) is 6.95. The highest BCUT2D eigenvalue weighted by Crippen LogP contribution is 2.44. The summed E-state index contributed by atoms with van der Waals surface area (Å²) in [5.74, 6) is 1.74. The summed E-state index contributed by atoms with van der Waals surface area (Å²) < 4.78 is 6.37. The van der Waals surface area contributed by atoms with Crippen LogP contribution in [-0.4, -0.2) is 21.0 Å². The molecule has 5 rings (SSSR count). The van der Waals surface area contributed by atoms with Crippen molar-refractivity contribution in [3.63, 3.8) is 0 Å². The Morgan fingerprint density at radius 1 is 1.03 bits per heavy atom. The van der Waals surface area contributed by atoms with Gasteiger partial charge in [-0.05, 0) is 73.6 Å². The molecule has 1 N–H and O–H groups in total. The van der Waals surface area contributed by atoms with Gasteiger partial charge in [-0.25, -0.2) is 0 Å². The fraction of sp³-hybridized carbons (Fsp3) is 0.304. The second-order valence-corrected chi connectivity index (χ2v) is 8.50. The van der Waals surface area contributed by atoms with E-state index in [4.69, 9.17) is 28.2 Å². The van der Waals surface area contributed by atoms with Crippen LogP contribution in [0.25, 0.3) is 11.3 Å². The highest BCUT2D eigenvalue weighted by atomic mass is 35.5. The molecule has 0 unspecified atom stereocenters. The van der Waals surface area contributed by atoms with Gasteiger partial charge in [-0.3, -0.25) is 4.98 Å². The number of benzene rings is 1. The molecule has 2 aliphatic rings. The standard InChI is InChI=1S/C23H22ClN3OS/c24-16-10-8-15(9-11-16)19-12-13-20(28-19)22-21(18-7-3-4-14-25-18)26-23(29)27(22)17-5-1-2-6-17/h3-4,7-14,17,21-22H,1-2,5-6H2,(H,26,29)/t21-,22+/m0/s1. The normalized spacial score (nSPS) is 22.2. The Hall–Kier alpha value is -2.37. The topological polar surface area (TPSA) is 41.3 Å². The molecule has 1 aliphatic carbocycles. The van der Waals surface area contributed by atoms with Gasteiger partial charge in [0.25, 0.3) is 0 Å². The van der Waals surface area contributed by atoms with Crippen LogP contribution in [0.1, 0.15) is 49.2 Å². The van der Waals surface area contributed by atoms with Crippen LogP contribution in [-0.2, 0) is 0 Å². The maximum Gasteiger partial charge on any atom is 0.170 e. The molecule has 6 heteroatoms. The van der Waals surface area contributed by atoms with E-state index in [9.17, 15) is 0 Å². The quantitative estimate of drug-likeness (QED) is 0.528. The molecule has 0 bridgehead atoms. The van der Waals surface area contributed by atoms with E-state index in [-0.39, 0.29) is 12.1 Å². The predicted octanol–water partition coefficient (Wildman–Crippen LogP) is 5.91. The second-order valence-electron chi connectivity index (χ2n) is 7.68. The molecule has 0 radical (unpaired) electrons. The van der Waals surface area contributed by atoms with Crippen molar-refractivity contribution in [3.8, 4) is 11.3 Å². The number of rotatable bonds is 4. The van der Waals surface area contributed by atoms with Gasteiger partial charge in [-0.2, -0.15) is 0 Å². The minimum absolute atomic E-state index is 0.0125. The van der Waals surface area contributed by atoms with Gasteiger partial charge < -0.3 is 14.6 Å². The molecular weight excluding hydrogens is 402 g/mol. The van der Waals surface area contributed by atoms with Crippen LogP contribution in [0.5, 0.6) is 0 Å². The Labute approximate surface area is 180 Å². The molecule has 1 saturated heterocycles. The minimum atomic E-state index is -0.0338. The van der Waals surface area contributed by atoms with Crippen LogP contribution in [0.15, 0.2) is 65.2 Å². The lowest BCUT2D eigenvalue weighted by Crippen LogP contribution is -2.37. The average Bonchev–Trinajstić information content (AvgIpc) is 3.48. The lowest BCUT2D eigenvalue weighted by atomic mass is 10.0. The summed E-state index contributed by atoms with van der Waals surface area (Å²) in [6, 6.07) is 18.2. The van der Waals surface area contributed by atoms with Crippen LogP contribution in [0.2, 0.25) is 5.02 Å². The summed E-state index contributed by atoms with van der Waals surface area (Å²) in [7, 11) is 0. The van der Waals surface area contributed by atoms with Crippen molar-refractivity contribution in [3.05, 3.63) is 77.3 Å². The minimum Gasteiger partial charge on any atom is -0.459 e. The number of pyridine rings is 1. The number of nitrogens with zero attached hydrogens (tertiary/aromatic N) is 2. The average molecular weight is 424 g/mol. The Morgan fingerprint density at radius 2 is 1.83 bits per heavy atom. The van der Waals surface area contributed by atoms with E-state index in [0.717, 1.165) is 40.7 Å². The largest absolute Gasteiger partial charge is 0.459 e. The van der Waals surface area contributed by atoms with Gasteiger partial charge in [-0.15, -0.1) is 0 Å². The Balaban J connectivity index is 1.54. The molecule has 2 atom stereocenters. The van der Waals surface area contributed by atoms with E-state index in [1.807, 2.05) is 48.7 Å². The zero-order valence-corrected chi connectivity index (χ0v) is 17.5. The van der Waals surface area contributed by atoms with Crippen LogP contribution in [0.3, 0.4) is 0 Å². The summed E-state index contributed by atoms with van der Waals surface area (Å²) in [5, 5.41) is 5.03. The first-order valence-corrected chi connectivity index (χ1v) is 10.8. The highest BCUT2D eigenvalue weighted by molar-refractivity contribution is 7.80. The van der Waals surface area contributed by atoms with Crippen molar-refractivity contribution in [1.29, 1.82) is 0 Å². The molecule has 0 amide bonds. The van der Waals surface area contributed by atoms with Crippen LogP contribution >= 0.6 is 23.8 Å². The molecule has 2 aromatic heterocycles. The van der Waals surface area contributed by atoms with E-state index < -0.39 is 0 Å². The highest BCUT2D eigenvalue weighted by Gasteiger charge is 2.45. The Kier molecular flexibility index (Phi) is 5.02. The van der Waals surface area contributed by atoms with Gasteiger partial charge in [0.2, 0.25) is 0 Å². The Morgan fingerprint density at radius 3 is 2.55 bits per heavy atom. The summed E-state index contributed by atoms with van der Waals surface area (Å²) in [6.07, 6.45) is 6.66. The summed E-state index contributed by atoms with van der Waals surface area (Å²) in [6.45, 7) is 0. The molecule has 1 aliphatic heterocycles. The van der Waals surface area contributed by atoms with Gasteiger partial charge in [0.15, 0.2) is 5.11 Å². The monoisotopic (exact) mass is 423 g/mol. The molecule has 1 saturated carbocycles. The smallest absolute Gasteiger partial charge is 0.170 e. The third-order valence-electron chi connectivity index (χ3n) is 5.90. The fourth-order valence-electron chi connectivity index (χ4n) is 4.53. The molecule has 0 spiro atoms. The van der Waals surface area contributed by atoms with Crippen molar-refractivity contribution in [2.24, 2.45) is 0 Å². The molecule has 4 nitrogen and oxygen atoms in total. The molecule has 148 valence electrons. The van der Waals surface area contributed by atoms with Gasteiger partial charge in [0.1, 0.15) is 17.6 Å². The second kappa shape index (κ2) is 7.81. The predicted molar refractivity (Wildman–Crippen MR) is 119 cm³/mol. The number of hydrogen-bond donors (Lipinski definition) is 1. The van der Waals surface area contributed by atoms with E-state index in [0.29, 0.717) is 11.1 Å². The lowest BCUT2D eigenvalue weighted by Gasteiger charge is -2.31. The fourth-order valence-corrected chi connectivity index (χ4v) is 5.04. The lowest BCUT2D eigenvalue weighted by molar-refractivity contribution is 0.218. The summed E-state index contributed by atoms with van der Waals surface area (Å²) >= 11 is 11.8. The van der Waals surface area contributed by atoms with Gasteiger partial charge >= 0.3 is 0 Å². The molecule has 3 aromatic rings. The molecule has 3 heterocycles. The molecule has 2 fully saturated rings. The van der Waals surface area contributed by atoms with E-state index >= 15 is 0 Å². The van der Waals surface area contributed by atoms with E-state index in [1.54, 1.807) is 0 Å². The molecule has 29 heavy (non-hydrogen) atoms. The zero-order valence-electron chi connectivity index (χ0n) is 15.9. The van der Waals surface area contributed by atoms with Crippen molar-refractivity contribution >= 4 is 28.9 Å². The van der Waals surface area contributed by atoms with Crippen molar-refractivity contribution in [2.75, 3.05) is 0 Å². The third kappa shape index (κ3) is 3.53. The summed E-state index contributed by atoms with van der Waals surface area (Å²) in [5.41, 5.74) is 1.99. The van der Waals surface area contributed by atoms with Crippen LogP contribution in [0, 0.1) is 0 Å². The first-order valence-electron chi connectivity index (χ1n) is 10.1. The van der Waals surface area contributed by atoms with E-state index in [2.05, 4.69) is 27.3 Å². The van der Waals surface area contributed by atoms with Crippen LogP contribution in [0.4, 0.5) is 0 Å². The molecular formula is C23H22ClN3OS. The first-order chi connectivity index (χ1) is 14.2. The Bertz CT molecular complexity index is 998. The van der Waals surface area contributed by atoms with Crippen molar-refractivity contribution in [2.45, 2.75) is 43.8 Å². The number of hydrogen-bond acceptors (Lipinski definition) is 3. The van der Waals surface area contributed by atoms with Gasteiger partial charge in [0.05, 0.1) is 11.7 Å². The number of nitrogens with one attached hydrogen (secondary N) is 1. The SMILES string of the molecule is S=C1N[C@@H](c2ccccn2)[C@@H](c2ccc(-c3ccc(Cl)cc3)o2)N1C1CCCC1. The van der Waals surface area contributed by atoms with Crippen molar-refractivity contribution < 1.29 is 4.42 Å². The van der Waals surface area contributed by atoms with Gasteiger partial charge in [-0.1, -0.05) is 30.5 Å². The number of thiocarbonyl (C=S) groups is 1. The third-order valence-corrected chi connectivity index (χ3v) is 6.48.